The van der Waals surface area contributed by atoms with Crippen LogP contribution in [0, 0.1) is 0 Å². The Labute approximate surface area is 144 Å². The van der Waals surface area contributed by atoms with E-state index in [1.54, 1.807) is 11.3 Å². The number of carbonyl (C=O) groups is 1. The lowest BCUT2D eigenvalue weighted by Crippen LogP contribution is -2.46. The molecule has 5 rings (SSSR count). The molecule has 1 unspecified atom stereocenters. The number of hydrogen-bond acceptors (Lipinski definition) is 3. The highest BCUT2D eigenvalue weighted by atomic mass is 32.1. The van der Waals surface area contributed by atoms with Gasteiger partial charge >= 0.3 is 0 Å². The molecule has 1 fully saturated rings. The molecule has 1 amide bonds. The summed E-state index contributed by atoms with van der Waals surface area (Å²) in [5.74, 6) is 0.679. The molecule has 0 bridgehead atoms. The van der Waals surface area contributed by atoms with Gasteiger partial charge in [-0.15, -0.1) is 11.3 Å². The zero-order valence-corrected chi connectivity index (χ0v) is 14.1. The lowest BCUT2D eigenvalue weighted by Gasteiger charge is -2.38. The van der Waals surface area contributed by atoms with Crippen LogP contribution in [0.15, 0.2) is 48.0 Å². The highest BCUT2D eigenvalue weighted by molar-refractivity contribution is 7.16. The maximum Gasteiger partial charge on any atom is 0.254 e. The fourth-order valence-corrected chi connectivity index (χ4v) is 5.10. The van der Waals surface area contributed by atoms with Gasteiger partial charge in [-0.2, -0.15) is 0 Å². The molecule has 1 aromatic heterocycles. The third-order valence-electron chi connectivity index (χ3n) is 5.50. The van der Waals surface area contributed by atoms with Crippen LogP contribution in [0.5, 0.6) is 0 Å². The fraction of sp³-hybridized carbons (Fsp3) is 0.300. The lowest BCUT2D eigenvalue weighted by molar-refractivity contribution is 0.0595. The summed E-state index contributed by atoms with van der Waals surface area (Å²) in [6, 6.07) is 14.9. The highest BCUT2D eigenvalue weighted by Crippen LogP contribution is 2.42. The smallest absolute Gasteiger partial charge is 0.254 e. The van der Waals surface area contributed by atoms with Crippen molar-refractivity contribution < 1.29 is 4.79 Å². The van der Waals surface area contributed by atoms with Crippen LogP contribution in [0.2, 0.25) is 0 Å². The fourth-order valence-electron chi connectivity index (χ4n) is 4.39. The Kier molecular flexibility index (Phi) is 3.20. The van der Waals surface area contributed by atoms with E-state index in [-0.39, 0.29) is 5.91 Å². The van der Waals surface area contributed by atoms with Gasteiger partial charge in [-0.05, 0) is 48.6 Å². The first-order valence-corrected chi connectivity index (χ1v) is 9.41. The van der Waals surface area contributed by atoms with Crippen LogP contribution in [0.25, 0.3) is 10.2 Å². The summed E-state index contributed by atoms with van der Waals surface area (Å²) in [5.41, 5.74) is 6.48. The predicted octanol–water partition coefficient (Wildman–Crippen LogP) is 4.24. The van der Waals surface area contributed by atoms with E-state index in [0.29, 0.717) is 12.0 Å². The van der Waals surface area contributed by atoms with Crippen molar-refractivity contribution in [3.8, 4) is 0 Å². The Balaban J connectivity index is 1.49. The molecule has 0 N–H and O–H groups in total. The summed E-state index contributed by atoms with van der Waals surface area (Å²) in [4.78, 5) is 19.6. The first-order valence-electron chi connectivity index (χ1n) is 8.53. The van der Waals surface area contributed by atoms with Gasteiger partial charge in [-0.25, -0.2) is 4.98 Å². The molecule has 0 spiro atoms. The predicted molar refractivity (Wildman–Crippen MR) is 96.6 cm³/mol. The maximum absolute atomic E-state index is 13.2. The van der Waals surface area contributed by atoms with E-state index in [4.69, 9.17) is 0 Å². The molecule has 1 aliphatic carbocycles. The van der Waals surface area contributed by atoms with E-state index in [1.807, 2.05) is 23.7 Å². The molecule has 0 radical (unpaired) electrons. The number of rotatable bonds is 1. The van der Waals surface area contributed by atoms with Crippen molar-refractivity contribution in [3.63, 3.8) is 0 Å². The molecule has 0 saturated carbocycles. The van der Waals surface area contributed by atoms with Crippen molar-refractivity contribution in [3.05, 3.63) is 64.7 Å². The molecule has 3 nitrogen and oxygen atoms in total. The minimum absolute atomic E-state index is 0.174. The van der Waals surface area contributed by atoms with Gasteiger partial charge in [0.1, 0.15) is 0 Å². The Morgan fingerprint density at radius 1 is 1.21 bits per heavy atom. The number of thiazole rings is 1. The van der Waals surface area contributed by atoms with Crippen LogP contribution < -0.4 is 0 Å². The number of carbonyl (C=O) groups excluding carboxylic acids is 1. The number of fused-ring (bicyclic) bond motifs is 4. The maximum atomic E-state index is 13.2. The van der Waals surface area contributed by atoms with Crippen LogP contribution in [-0.4, -0.2) is 28.4 Å². The number of piperidine rings is 1. The molecule has 1 saturated heterocycles. The first-order chi connectivity index (χ1) is 11.8. The second kappa shape index (κ2) is 5.42. The molecule has 24 heavy (non-hydrogen) atoms. The molecular formula is C20H18N2OS. The molecule has 120 valence electrons. The SMILES string of the molecule is O=C(c1ccc2ncsc2c1)N1CCC[C@@H]2c3ccccc3CC21. The van der Waals surface area contributed by atoms with E-state index in [0.717, 1.165) is 35.2 Å². The van der Waals surface area contributed by atoms with Gasteiger partial charge in [0.15, 0.2) is 0 Å². The quantitative estimate of drug-likeness (QED) is 0.667. The van der Waals surface area contributed by atoms with Gasteiger partial charge < -0.3 is 4.90 Å². The first kappa shape index (κ1) is 14.2. The Hall–Kier alpha value is -2.20. The average Bonchev–Trinajstić information content (AvgIpc) is 3.24. The normalized spacial score (nSPS) is 22.4. The lowest BCUT2D eigenvalue weighted by atomic mass is 9.88. The second-order valence-corrected chi connectivity index (χ2v) is 7.64. The number of aromatic nitrogens is 1. The van der Waals surface area contributed by atoms with Crippen LogP contribution in [-0.2, 0) is 6.42 Å². The van der Waals surface area contributed by atoms with Crippen molar-refractivity contribution in [1.82, 2.24) is 9.88 Å². The van der Waals surface area contributed by atoms with E-state index in [1.165, 1.54) is 17.5 Å². The summed E-state index contributed by atoms with van der Waals surface area (Å²) in [5, 5.41) is 0. The van der Waals surface area contributed by atoms with Gasteiger partial charge in [-0.3, -0.25) is 4.79 Å². The van der Waals surface area contributed by atoms with Gasteiger partial charge in [0.25, 0.3) is 5.91 Å². The number of hydrogen-bond donors (Lipinski definition) is 0. The highest BCUT2D eigenvalue weighted by Gasteiger charge is 2.40. The van der Waals surface area contributed by atoms with E-state index < -0.39 is 0 Å². The Morgan fingerprint density at radius 2 is 2.12 bits per heavy atom. The molecule has 3 aromatic rings. The van der Waals surface area contributed by atoms with Crippen LogP contribution >= 0.6 is 11.3 Å². The van der Waals surface area contributed by atoms with E-state index in [2.05, 4.69) is 34.1 Å². The van der Waals surface area contributed by atoms with Crippen molar-refractivity contribution >= 4 is 27.5 Å². The monoisotopic (exact) mass is 334 g/mol. The van der Waals surface area contributed by atoms with E-state index >= 15 is 0 Å². The Morgan fingerprint density at radius 3 is 3.08 bits per heavy atom. The Bertz CT molecular complexity index is 932. The van der Waals surface area contributed by atoms with Gasteiger partial charge in [0.2, 0.25) is 0 Å². The number of benzene rings is 2. The zero-order valence-electron chi connectivity index (χ0n) is 13.3. The minimum Gasteiger partial charge on any atom is -0.335 e. The van der Waals surface area contributed by atoms with Gasteiger partial charge in [0.05, 0.1) is 15.7 Å². The molecule has 2 atom stereocenters. The van der Waals surface area contributed by atoms with E-state index in [9.17, 15) is 4.79 Å². The van der Waals surface area contributed by atoms with Crippen LogP contribution in [0.3, 0.4) is 0 Å². The van der Waals surface area contributed by atoms with Gasteiger partial charge in [-0.1, -0.05) is 24.3 Å². The molecular weight excluding hydrogens is 316 g/mol. The van der Waals surface area contributed by atoms with Crippen molar-refractivity contribution in [2.24, 2.45) is 0 Å². The summed E-state index contributed by atoms with van der Waals surface area (Å²) >= 11 is 1.59. The number of amides is 1. The van der Waals surface area contributed by atoms with Crippen molar-refractivity contribution in [1.29, 1.82) is 0 Å². The average molecular weight is 334 g/mol. The van der Waals surface area contributed by atoms with Crippen LogP contribution in [0.1, 0.15) is 40.2 Å². The zero-order chi connectivity index (χ0) is 16.1. The summed E-state index contributed by atoms with van der Waals surface area (Å²) in [7, 11) is 0. The van der Waals surface area contributed by atoms with Crippen LogP contribution in [0.4, 0.5) is 0 Å². The van der Waals surface area contributed by atoms with Crippen molar-refractivity contribution in [2.75, 3.05) is 6.54 Å². The number of nitrogens with zero attached hydrogens (tertiary/aromatic N) is 2. The second-order valence-electron chi connectivity index (χ2n) is 6.75. The molecule has 2 aliphatic rings. The molecule has 2 heterocycles. The molecule has 2 aromatic carbocycles. The third kappa shape index (κ3) is 2.09. The summed E-state index contributed by atoms with van der Waals surface area (Å²) in [6.45, 7) is 0.870. The standard InChI is InChI=1S/C20H18N2OS/c23-20(14-7-8-17-19(11-14)24-12-21-17)22-9-3-6-16-15-5-2-1-4-13(15)10-18(16)22/h1-2,4-5,7-8,11-12,16,18H,3,6,9-10H2/t16-,18?/m1/s1. The molecule has 4 heteroatoms. The summed E-state index contributed by atoms with van der Waals surface area (Å²) in [6.07, 6.45) is 3.28. The molecule has 1 aliphatic heterocycles. The minimum atomic E-state index is 0.174. The summed E-state index contributed by atoms with van der Waals surface area (Å²) < 4.78 is 1.09. The van der Waals surface area contributed by atoms with Crippen molar-refractivity contribution in [2.45, 2.75) is 31.2 Å². The third-order valence-corrected chi connectivity index (χ3v) is 6.29. The topological polar surface area (TPSA) is 33.2 Å². The number of likely N-dealkylation sites (tertiary alicyclic amines) is 1. The largest absolute Gasteiger partial charge is 0.335 e. The van der Waals surface area contributed by atoms with Gasteiger partial charge in [0, 0.05) is 24.1 Å².